The van der Waals surface area contributed by atoms with Crippen LogP contribution in [0.1, 0.15) is 19.3 Å². The lowest BCUT2D eigenvalue weighted by Gasteiger charge is -2.25. The Balaban J connectivity index is 1.46. The summed E-state index contributed by atoms with van der Waals surface area (Å²) in [7, 11) is -3.16. The zero-order valence-electron chi connectivity index (χ0n) is 11.4. The Morgan fingerprint density at radius 3 is 2.86 bits per heavy atom. The molecule has 0 amide bonds. The molecule has 1 aliphatic heterocycles. The fourth-order valence-corrected chi connectivity index (χ4v) is 3.69. The third-order valence-corrected chi connectivity index (χ3v) is 4.75. The molecule has 80 valence electrons. The monoisotopic (exact) mass is 218 g/mol. The van der Waals surface area contributed by atoms with Crippen LogP contribution in [0.15, 0.2) is 0 Å². The van der Waals surface area contributed by atoms with E-state index in [1.54, 1.807) is 0 Å². The minimum Gasteiger partial charge on any atom is -0.378 e. The molecule has 5 atom stereocenters. The van der Waals surface area contributed by atoms with E-state index in [1.165, 1.54) is 0 Å². The molecule has 3 fully saturated rings. The van der Waals surface area contributed by atoms with E-state index in [4.69, 9.17) is 13.2 Å². The summed E-state index contributed by atoms with van der Waals surface area (Å²) in [5.41, 5.74) is 0.0931. The molecule has 2 bridgehead atoms. The van der Waals surface area contributed by atoms with Gasteiger partial charge in [0.25, 0.3) is 0 Å². The third-order valence-electron chi connectivity index (χ3n) is 4.04. The molecule has 0 aromatic carbocycles. The van der Waals surface area contributed by atoms with Crippen LogP contribution in [0.5, 0.6) is 0 Å². The van der Waals surface area contributed by atoms with Gasteiger partial charge in [-0.15, -0.1) is 0 Å². The van der Waals surface area contributed by atoms with Crippen molar-refractivity contribution in [3.05, 3.63) is 0 Å². The highest BCUT2D eigenvalue weighted by Crippen LogP contribution is 2.53. The standard InChI is InChI=1S/C11H20O2Si/c14-11-3-7-1-8(11)2-9(7)4-12-5-10-6-13-10/h7-11H,1-6H2,14H3/i14T3. The quantitative estimate of drug-likeness (QED) is 0.498. The van der Waals surface area contributed by atoms with E-state index in [1.807, 2.05) is 0 Å². The molecule has 2 nitrogen and oxygen atoms in total. The normalized spacial score (nSPS) is 54.0. The van der Waals surface area contributed by atoms with E-state index in [2.05, 4.69) is 0 Å². The van der Waals surface area contributed by atoms with Crippen molar-refractivity contribution in [2.24, 2.45) is 17.8 Å². The second-order valence-corrected chi connectivity index (χ2v) is 5.83. The third kappa shape index (κ3) is 1.77. The molecule has 5 unspecified atom stereocenters. The average molecular weight is 218 g/mol. The first kappa shape index (κ1) is 6.66. The predicted octanol–water partition coefficient (Wildman–Crippen LogP) is 0.602. The molecule has 0 spiro atoms. The second-order valence-electron chi connectivity index (χ2n) is 5.09. The summed E-state index contributed by atoms with van der Waals surface area (Å²) in [6.45, 7) is 2.39. The van der Waals surface area contributed by atoms with Gasteiger partial charge in [0, 0.05) is 20.4 Å². The van der Waals surface area contributed by atoms with Crippen molar-refractivity contribution in [2.75, 3.05) is 19.8 Å². The largest absolute Gasteiger partial charge is 0.378 e. The molecule has 3 heteroatoms. The first-order valence-electron chi connectivity index (χ1n) is 7.23. The van der Waals surface area contributed by atoms with Gasteiger partial charge in [0.1, 0.15) is 6.10 Å². The van der Waals surface area contributed by atoms with Crippen molar-refractivity contribution in [3.63, 3.8) is 0 Å². The molecule has 2 saturated carbocycles. The summed E-state index contributed by atoms with van der Waals surface area (Å²) < 4.78 is 33.8. The van der Waals surface area contributed by atoms with Crippen LogP contribution >= 0.6 is 0 Å². The lowest BCUT2D eigenvalue weighted by molar-refractivity contribution is 0.0680. The van der Waals surface area contributed by atoms with E-state index < -0.39 is 10.0 Å². The summed E-state index contributed by atoms with van der Waals surface area (Å²) in [5.74, 6) is 1.72. The number of hydrogen-bond donors (Lipinski definition) is 0. The Morgan fingerprint density at radius 1 is 1.29 bits per heavy atom. The van der Waals surface area contributed by atoms with Gasteiger partial charge in [0.05, 0.1) is 13.2 Å². The molecule has 0 N–H and O–H groups in total. The molecule has 1 heterocycles. The van der Waals surface area contributed by atoms with E-state index in [-0.39, 0.29) is 5.54 Å². The second kappa shape index (κ2) is 3.61. The van der Waals surface area contributed by atoms with Gasteiger partial charge < -0.3 is 9.47 Å². The van der Waals surface area contributed by atoms with Crippen LogP contribution in [0.4, 0.5) is 0 Å². The maximum absolute atomic E-state index is 7.68. The molecule has 14 heavy (non-hydrogen) atoms. The number of fused-ring (bicyclic) bond motifs is 2. The van der Waals surface area contributed by atoms with Gasteiger partial charge in [0.15, 0.2) is 0 Å². The molecule has 2 aliphatic carbocycles. The smallest absolute Gasteiger partial charge is 0.104 e. The van der Waals surface area contributed by atoms with Gasteiger partial charge >= 0.3 is 0 Å². The highest BCUT2D eigenvalue weighted by atomic mass is 28.1. The number of epoxide rings is 1. The number of hydrogen-bond acceptors (Lipinski definition) is 2. The number of ether oxygens (including phenoxy) is 2. The Morgan fingerprint density at radius 2 is 2.21 bits per heavy atom. The SMILES string of the molecule is [3H][Si]([3H])([3H])C1CC2CC1CC2COCC1CO1. The minimum absolute atomic E-state index is 0.0931. The van der Waals surface area contributed by atoms with E-state index in [9.17, 15) is 0 Å². The van der Waals surface area contributed by atoms with Crippen LogP contribution in [0.25, 0.3) is 0 Å². The molecule has 0 aromatic heterocycles. The molecule has 0 aromatic rings. The lowest BCUT2D eigenvalue weighted by atomic mass is 9.89. The fraction of sp³-hybridized carbons (Fsp3) is 1.00. The summed E-state index contributed by atoms with van der Waals surface area (Å²) >= 11 is 0. The topological polar surface area (TPSA) is 21.8 Å². The van der Waals surface area contributed by atoms with Crippen molar-refractivity contribution in [2.45, 2.75) is 30.9 Å². The predicted molar refractivity (Wildman–Crippen MR) is 58.6 cm³/mol. The Hall–Kier alpha value is 0.137. The zero-order valence-corrected chi connectivity index (χ0v) is 9.45. The summed E-state index contributed by atoms with van der Waals surface area (Å²) in [6, 6.07) is 0. The van der Waals surface area contributed by atoms with Crippen LogP contribution < -0.4 is 0 Å². The summed E-state index contributed by atoms with van der Waals surface area (Å²) in [4.78, 5) is 0. The fourth-order valence-electron chi connectivity index (χ4n) is 3.11. The molecule has 0 radical (unpaired) electrons. The van der Waals surface area contributed by atoms with E-state index >= 15 is 0 Å². The Bertz CT molecular complexity index is 293. The van der Waals surface area contributed by atoms with Gasteiger partial charge in [-0.25, -0.2) is 0 Å². The van der Waals surface area contributed by atoms with Crippen molar-refractivity contribution >= 4 is 10.0 Å². The summed E-state index contributed by atoms with van der Waals surface area (Å²) in [6.07, 6.45) is 3.52. The molecular weight excluding hydrogens is 192 g/mol. The van der Waals surface area contributed by atoms with Crippen LogP contribution in [-0.2, 0) is 9.47 Å². The van der Waals surface area contributed by atoms with Crippen molar-refractivity contribution in [1.29, 1.82) is 3.70 Å². The molecule has 3 rings (SSSR count). The van der Waals surface area contributed by atoms with Crippen LogP contribution in [0.3, 0.4) is 0 Å². The van der Waals surface area contributed by atoms with Gasteiger partial charge in [-0.3, -0.25) is 0 Å². The maximum Gasteiger partial charge on any atom is 0.104 e. The first-order valence-corrected chi connectivity index (χ1v) is 6.31. The minimum atomic E-state index is -3.16. The zero-order chi connectivity index (χ0) is 12.0. The lowest BCUT2D eigenvalue weighted by Crippen LogP contribution is -2.20. The highest BCUT2D eigenvalue weighted by molar-refractivity contribution is 6.12. The maximum atomic E-state index is 7.68. The average Bonchev–Trinajstić information content (AvgIpc) is 2.85. The summed E-state index contributed by atoms with van der Waals surface area (Å²) in [5, 5.41) is 0. The highest BCUT2D eigenvalue weighted by Gasteiger charge is 2.43. The van der Waals surface area contributed by atoms with Crippen molar-refractivity contribution < 1.29 is 9.47 Å². The van der Waals surface area contributed by atoms with Crippen molar-refractivity contribution in [1.82, 2.24) is 0 Å². The van der Waals surface area contributed by atoms with Crippen molar-refractivity contribution in [3.8, 4) is 0 Å². The van der Waals surface area contributed by atoms with Gasteiger partial charge in [-0.2, -0.15) is 0 Å². The van der Waals surface area contributed by atoms with Crippen LogP contribution in [0.2, 0.25) is 5.54 Å². The van der Waals surface area contributed by atoms with E-state index in [0.29, 0.717) is 23.9 Å². The molecule has 1 saturated heterocycles. The molecular formula is C11H20O2Si. The Labute approximate surface area is 92.4 Å². The number of rotatable bonds is 5. The van der Waals surface area contributed by atoms with Gasteiger partial charge in [0.2, 0.25) is 0 Å². The van der Waals surface area contributed by atoms with Crippen LogP contribution in [0, 0.1) is 17.8 Å². The van der Waals surface area contributed by atoms with Crippen LogP contribution in [-0.4, -0.2) is 39.7 Å². The molecule has 3 aliphatic rings. The van der Waals surface area contributed by atoms with Gasteiger partial charge in [-0.1, -0.05) is 12.0 Å². The van der Waals surface area contributed by atoms with E-state index in [0.717, 1.165) is 39.1 Å². The first-order chi connectivity index (χ1) is 8.04. The van der Waals surface area contributed by atoms with Gasteiger partial charge in [-0.05, 0) is 30.6 Å². The Kier molecular flexibility index (Phi) is 1.72.